The van der Waals surface area contributed by atoms with E-state index < -0.39 is 0 Å². The van der Waals surface area contributed by atoms with Gasteiger partial charge in [0, 0.05) is 5.92 Å². The summed E-state index contributed by atoms with van der Waals surface area (Å²) in [6.07, 6.45) is 4.41. The third-order valence-electron chi connectivity index (χ3n) is 3.04. The summed E-state index contributed by atoms with van der Waals surface area (Å²) in [4.78, 5) is 0. The summed E-state index contributed by atoms with van der Waals surface area (Å²) in [6, 6.07) is 0. The van der Waals surface area contributed by atoms with Crippen LogP contribution >= 0.6 is 0 Å². The van der Waals surface area contributed by atoms with E-state index >= 15 is 0 Å². The van der Waals surface area contributed by atoms with Crippen LogP contribution in [-0.4, -0.2) is 11.7 Å². The Bertz CT molecular complexity index is 219. The molecule has 1 heteroatoms. The number of ether oxygens (including phenoxy) is 1. The molecule has 1 rings (SSSR count). The Morgan fingerprint density at radius 2 is 2.23 bits per heavy atom. The lowest BCUT2D eigenvalue weighted by Gasteiger charge is -2.40. The molecule has 74 valence electrons. The summed E-state index contributed by atoms with van der Waals surface area (Å²) in [7, 11) is 0. The zero-order valence-corrected chi connectivity index (χ0v) is 8.97. The zero-order valence-electron chi connectivity index (χ0n) is 8.97. The summed E-state index contributed by atoms with van der Waals surface area (Å²) in [5.41, 5.74) is 1.12. The summed E-state index contributed by atoms with van der Waals surface area (Å²) in [5.74, 6) is 0.521. The van der Waals surface area contributed by atoms with Gasteiger partial charge in [-0.05, 0) is 33.6 Å². The Balaban J connectivity index is 2.66. The number of hydrogen-bond acceptors (Lipinski definition) is 1. The minimum Gasteiger partial charge on any atom is -0.368 e. The topological polar surface area (TPSA) is 9.23 Å². The highest BCUT2D eigenvalue weighted by Gasteiger charge is 2.34. The van der Waals surface area contributed by atoms with Crippen molar-refractivity contribution < 1.29 is 4.74 Å². The maximum absolute atomic E-state index is 5.92. The molecule has 1 heterocycles. The van der Waals surface area contributed by atoms with Crippen LogP contribution in [0.1, 0.15) is 33.6 Å². The van der Waals surface area contributed by atoms with Crippen molar-refractivity contribution in [1.82, 2.24) is 0 Å². The predicted molar refractivity (Wildman–Crippen MR) is 56.7 cm³/mol. The maximum Gasteiger partial charge on any atom is 0.0835 e. The second-order valence-electron chi connectivity index (χ2n) is 4.33. The fourth-order valence-electron chi connectivity index (χ4n) is 2.04. The molecular formula is C12H20O. The van der Waals surface area contributed by atoms with Crippen molar-refractivity contribution in [3.8, 4) is 0 Å². The van der Waals surface area contributed by atoms with Gasteiger partial charge in [0.05, 0.1) is 11.7 Å². The summed E-state index contributed by atoms with van der Waals surface area (Å²) < 4.78 is 5.92. The van der Waals surface area contributed by atoms with Crippen molar-refractivity contribution in [2.45, 2.75) is 45.3 Å². The molecule has 0 saturated carbocycles. The summed E-state index contributed by atoms with van der Waals surface area (Å²) in [5, 5.41) is 0. The van der Waals surface area contributed by atoms with Gasteiger partial charge in [-0.15, -0.1) is 6.58 Å². The van der Waals surface area contributed by atoms with E-state index in [1.165, 1.54) is 12.0 Å². The molecule has 0 bridgehead atoms. The van der Waals surface area contributed by atoms with Crippen LogP contribution in [-0.2, 0) is 4.74 Å². The van der Waals surface area contributed by atoms with Crippen LogP contribution in [0.5, 0.6) is 0 Å². The molecule has 3 unspecified atom stereocenters. The molecule has 13 heavy (non-hydrogen) atoms. The average Bonchev–Trinajstić information content (AvgIpc) is 2.03. The molecule has 0 aromatic heterocycles. The molecule has 3 atom stereocenters. The van der Waals surface area contributed by atoms with E-state index in [0.29, 0.717) is 5.92 Å². The molecule has 1 aliphatic rings. The van der Waals surface area contributed by atoms with Gasteiger partial charge in [0.2, 0.25) is 0 Å². The van der Waals surface area contributed by atoms with Gasteiger partial charge in [-0.25, -0.2) is 0 Å². The van der Waals surface area contributed by atoms with Crippen LogP contribution in [0.2, 0.25) is 0 Å². The monoisotopic (exact) mass is 180 g/mol. The lowest BCUT2D eigenvalue weighted by Crippen LogP contribution is -2.40. The van der Waals surface area contributed by atoms with Crippen molar-refractivity contribution >= 4 is 0 Å². The lowest BCUT2D eigenvalue weighted by molar-refractivity contribution is -0.101. The number of rotatable bonds is 2. The van der Waals surface area contributed by atoms with E-state index in [2.05, 4.69) is 33.9 Å². The minimum absolute atomic E-state index is 0.120. The van der Waals surface area contributed by atoms with E-state index in [0.717, 1.165) is 6.42 Å². The van der Waals surface area contributed by atoms with Gasteiger partial charge in [-0.2, -0.15) is 0 Å². The first-order valence-corrected chi connectivity index (χ1v) is 4.95. The van der Waals surface area contributed by atoms with Crippen LogP contribution in [0.4, 0.5) is 0 Å². The third kappa shape index (κ3) is 2.22. The SMILES string of the molecule is C=CC1(C)CCC(C(=C)C)C(C)O1. The fourth-order valence-corrected chi connectivity index (χ4v) is 2.04. The van der Waals surface area contributed by atoms with E-state index in [1.807, 2.05) is 6.08 Å². The molecule has 1 nitrogen and oxygen atoms in total. The van der Waals surface area contributed by atoms with E-state index in [4.69, 9.17) is 4.74 Å². The van der Waals surface area contributed by atoms with Gasteiger partial charge in [-0.3, -0.25) is 0 Å². The van der Waals surface area contributed by atoms with Crippen LogP contribution in [0.15, 0.2) is 24.8 Å². The number of hydrogen-bond donors (Lipinski definition) is 0. The molecule has 0 spiro atoms. The smallest absolute Gasteiger partial charge is 0.0835 e. The largest absolute Gasteiger partial charge is 0.368 e. The molecule has 1 fully saturated rings. The van der Waals surface area contributed by atoms with Crippen LogP contribution in [0.25, 0.3) is 0 Å². The Kier molecular flexibility index (Phi) is 2.97. The highest BCUT2D eigenvalue weighted by atomic mass is 16.5. The first kappa shape index (κ1) is 10.5. The van der Waals surface area contributed by atoms with Crippen LogP contribution < -0.4 is 0 Å². The van der Waals surface area contributed by atoms with E-state index in [-0.39, 0.29) is 11.7 Å². The lowest BCUT2D eigenvalue weighted by atomic mass is 9.83. The normalized spacial score (nSPS) is 39.9. The fraction of sp³-hybridized carbons (Fsp3) is 0.667. The Hall–Kier alpha value is -0.560. The summed E-state index contributed by atoms with van der Waals surface area (Å²) in [6.45, 7) is 14.1. The second kappa shape index (κ2) is 3.67. The van der Waals surface area contributed by atoms with E-state index in [1.54, 1.807) is 0 Å². The Morgan fingerprint density at radius 1 is 1.62 bits per heavy atom. The highest BCUT2D eigenvalue weighted by Crippen LogP contribution is 2.35. The van der Waals surface area contributed by atoms with Crippen molar-refractivity contribution in [3.63, 3.8) is 0 Å². The van der Waals surface area contributed by atoms with Gasteiger partial charge in [0.25, 0.3) is 0 Å². The van der Waals surface area contributed by atoms with Crippen molar-refractivity contribution in [3.05, 3.63) is 24.8 Å². The first-order chi connectivity index (χ1) is 5.98. The van der Waals surface area contributed by atoms with Crippen LogP contribution in [0, 0.1) is 5.92 Å². The first-order valence-electron chi connectivity index (χ1n) is 4.95. The van der Waals surface area contributed by atoms with Gasteiger partial charge in [-0.1, -0.05) is 18.2 Å². The minimum atomic E-state index is -0.120. The predicted octanol–water partition coefficient (Wildman–Crippen LogP) is 3.32. The molecule has 1 aliphatic heterocycles. The standard InChI is InChI=1S/C12H20O/c1-6-12(5)8-7-11(9(2)3)10(4)13-12/h6,10-11H,1-2,7-8H2,3-5H3. The molecule has 0 aromatic rings. The second-order valence-corrected chi connectivity index (χ2v) is 4.33. The Morgan fingerprint density at radius 3 is 2.62 bits per heavy atom. The van der Waals surface area contributed by atoms with Gasteiger partial charge < -0.3 is 4.74 Å². The van der Waals surface area contributed by atoms with E-state index in [9.17, 15) is 0 Å². The summed E-state index contributed by atoms with van der Waals surface area (Å²) >= 11 is 0. The molecule has 0 amide bonds. The Labute approximate surface area is 81.5 Å². The van der Waals surface area contributed by atoms with Crippen molar-refractivity contribution in [1.29, 1.82) is 0 Å². The molecule has 0 aliphatic carbocycles. The molecule has 0 radical (unpaired) electrons. The van der Waals surface area contributed by atoms with Gasteiger partial charge >= 0.3 is 0 Å². The average molecular weight is 180 g/mol. The highest BCUT2D eigenvalue weighted by molar-refractivity contribution is 5.06. The van der Waals surface area contributed by atoms with Gasteiger partial charge in [0.15, 0.2) is 0 Å². The molecule has 0 N–H and O–H groups in total. The molecule has 0 aromatic carbocycles. The third-order valence-corrected chi connectivity index (χ3v) is 3.04. The van der Waals surface area contributed by atoms with Crippen LogP contribution in [0.3, 0.4) is 0 Å². The molecular weight excluding hydrogens is 160 g/mol. The van der Waals surface area contributed by atoms with Crippen molar-refractivity contribution in [2.24, 2.45) is 5.92 Å². The quantitative estimate of drug-likeness (QED) is 0.592. The van der Waals surface area contributed by atoms with Gasteiger partial charge in [0.1, 0.15) is 0 Å². The maximum atomic E-state index is 5.92. The molecule has 1 saturated heterocycles. The zero-order chi connectivity index (χ0) is 10.1. The van der Waals surface area contributed by atoms with Crippen molar-refractivity contribution in [2.75, 3.05) is 0 Å².